The first-order valence-corrected chi connectivity index (χ1v) is 9.82. The third kappa shape index (κ3) is 6.04. The summed E-state index contributed by atoms with van der Waals surface area (Å²) in [5, 5.41) is 36.7. The van der Waals surface area contributed by atoms with Crippen LogP contribution < -0.4 is 0 Å². The second-order valence-electron chi connectivity index (χ2n) is 7.24. The molecule has 34 heavy (non-hydrogen) atoms. The lowest BCUT2D eigenvalue weighted by atomic mass is 10.0. The van der Waals surface area contributed by atoms with Gasteiger partial charge in [0.05, 0.1) is 22.3 Å². The fourth-order valence-electron chi connectivity index (χ4n) is 3.09. The van der Waals surface area contributed by atoms with Crippen molar-refractivity contribution in [2.75, 3.05) is 0 Å². The van der Waals surface area contributed by atoms with Gasteiger partial charge in [-0.05, 0) is 58.7 Å². The Hall–Kier alpha value is -4.98. The summed E-state index contributed by atoms with van der Waals surface area (Å²) < 4.78 is 0. The molecule has 0 aliphatic carbocycles. The number of hydrogen-bond acceptors (Lipinski definition) is 4. The van der Waals surface area contributed by atoms with Gasteiger partial charge >= 0.3 is 23.9 Å². The summed E-state index contributed by atoms with van der Waals surface area (Å²) in [6.45, 7) is 0. The van der Waals surface area contributed by atoms with Crippen LogP contribution in [-0.2, 0) is 0 Å². The lowest BCUT2D eigenvalue weighted by Gasteiger charge is -2.02. The molecule has 8 heteroatoms. The Bertz CT molecular complexity index is 1180. The van der Waals surface area contributed by atoms with Crippen LogP contribution in [0, 0.1) is 0 Å². The van der Waals surface area contributed by atoms with Crippen molar-refractivity contribution >= 4 is 48.2 Å². The molecule has 0 amide bonds. The number of hydrogen-bond donors (Lipinski definition) is 4. The van der Waals surface area contributed by atoms with Crippen molar-refractivity contribution in [1.29, 1.82) is 0 Å². The minimum atomic E-state index is -1.22. The van der Waals surface area contributed by atoms with Crippen LogP contribution in [-0.4, -0.2) is 44.3 Å². The van der Waals surface area contributed by atoms with Crippen molar-refractivity contribution in [2.45, 2.75) is 0 Å². The van der Waals surface area contributed by atoms with Crippen LogP contribution in [0.2, 0.25) is 0 Å². The highest BCUT2D eigenvalue weighted by atomic mass is 16.4. The molecular formula is C26H18O8. The van der Waals surface area contributed by atoms with Crippen LogP contribution in [0.5, 0.6) is 0 Å². The number of benzene rings is 3. The molecule has 0 fully saturated rings. The number of aromatic carboxylic acids is 4. The highest BCUT2D eigenvalue weighted by molar-refractivity contribution is 5.96. The SMILES string of the molecule is O=C(O)c1cc(C=Cc2ccc(C=Cc3cc(C(=O)O)cc(C(=O)O)c3)cc2)cc(C(=O)O)c1. The van der Waals surface area contributed by atoms with Gasteiger partial charge in [0, 0.05) is 0 Å². The third-order valence-corrected chi connectivity index (χ3v) is 4.77. The summed E-state index contributed by atoms with van der Waals surface area (Å²) in [7, 11) is 0. The first-order chi connectivity index (χ1) is 16.1. The lowest BCUT2D eigenvalue weighted by molar-refractivity contribution is 0.0676. The van der Waals surface area contributed by atoms with Gasteiger partial charge in [-0.15, -0.1) is 0 Å². The van der Waals surface area contributed by atoms with E-state index < -0.39 is 23.9 Å². The first kappa shape index (κ1) is 23.7. The van der Waals surface area contributed by atoms with E-state index in [0.717, 1.165) is 23.3 Å². The highest BCUT2D eigenvalue weighted by Crippen LogP contribution is 2.17. The molecule has 0 aromatic heterocycles. The predicted molar refractivity (Wildman–Crippen MR) is 125 cm³/mol. The standard InChI is InChI=1S/C26H18O8/c27-23(28)19-9-17(10-20(13-19)24(29)30)7-5-15-1-2-16(4-3-15)6-8-18-11-21(25(31)32)14-22(12-18)26(33)34/h1-14H,(H,27,28)(H,29,30)(H,31,32)(H,33,34). The minimum absolute atomic E-state index is 0.127. The third-order valence-electron chi connectivity index (χ3n) is 4.77. The topological polar surface area (TPSA) is 149 Å². The molecule has 0 aliphatic heterocycles. The van der Waals surface area contributed by atoms with Crippen LogP contribution in [0.1, 0.15) is 63.7 Å². The maximum absolute atomic E-state index is 11.2. The molecule has 0 heterocycles. The number of carboxylic acids is 4. The summed E-state index contributed by atoms with van der Waals surface area (Å²) in [6.07, 6.45) is 6.62. The molecule has 170 valence electrons. The normalized spacial score (nSPS) is 11.1. The Balaban J connectivity index is 1.80. The molecule has 4 N–H and O–H groups in total. The zero-order valence-electron chi connectivity index (χ0n) is 17.5. The van der Waals surface area contributed by atoms with Gasteiger partial charge in [0.1, 0.15) is 0 Å². The van der Waals surface area contributed by atoms with E-state index in [2.05, 4.69) is 0 Å². The summed E-state index contributed by atoms with van der Waals surface area (Å²) in [5.41, 5.74) is 1.89. The van der Waals surface area contributed by atoms with Gasteiger partial charge in [-0.25, -0.2) is 19.2 Å². The zero-order valence-corrected chi connectivity index (χ0v) is 17.5. The van der Waals surface area contributed by atoms with Gasteiger partial charge in [-0.3, -0.25) is 0 Å². The smallest absolute Gasteiger partial charge is 0.335 e. The highest BCUT2D eigenvalue weighted by Gasteiger charge is 2.11. The summed E-state index contributed by atoms with van der Waals surface area (Å²) >= 11 is 0. The van der Waals surface area contributed by atoms with Gasteiger partial charge in [0.25, 0.3) is 0 Å². The van der Waals surface area contributed by atoms with Gasteiger partial charge in [0.15, 0.2) is 0 Å². The Labute approximate surface area is 193 Å². The van der Waals surface area contributed by atoms with E-state index in [1.54, 1.807) is 48.6 Å². The number of rotatable bonds is 8. The molecule has 0 saturated heterocycles. The molecule has 0 aliphatic rings. The van der Waals surface area contributed by atoms with E-state index >= 15 is 0 Å². The second kappa shape index (κ2) is 10.1. The quantitative estimate of drug-likeness (QED) is 0.351. The fourth-order valence-corrected chi connectivity index (χ4v) is 3.09. The maximum atomic E-state index is 11.2. The van der Waals surface area contributed by atoms with Crippen molar-refractivity contribution in [3.63, 3.8) is 0 Å². The van der Waals surface area contributed by atoms with Gasteiger partial charge in [0.2, 0.25) is 0 Å². The van der Waals surface area contributed by atoms with Crippen LogP contribution in [0.3, 0.4) is 0 Å². The van der Waals surface area contributed by atoms with E-state index in [4.69, 9.17) is 20.4 Å². The molecule has 3 aromatic rings. The number of carbonyl (C=O) groups is 4. The summed E-state index contributed by atoms with van der Waals surface area (Å²) in [6, 6.07) is 14.8. The van der Waals surface area contributed by atoms with Crippen molar-refractivity contribution in [1.82, 2.24) is 0 Å². The molecule has 0 bridgehead atoms. The van der Waals surface area contributed by atoms with Crippen LogP contribution >= 0.6 is 0 Å². The second-order valence-corrected chi connectivity index (χ2v) is 7.24. The van der Waals surface area contributed by atoms with E-state index in [1.807, 2.05) is 0 Å². The fraction of sp³-hybridized carbons (Fsp3) is 0. The average Bonchev–Trinajstić information content (AvgIpc) is 2.81. The largest absolute Gasteiger partial charge is 0.478 e. The van der Waals surface area contributed by atoms with Crippen molar-refractivity contribution < 1.29 is 39.6 Å². The van der Waals surface area contributed by atoms with Crippen LogP contribution in [0.15, 0.2) is 60.7 Å². The van der Waals surface area contributed by atoms with Gasteiger partial charge < -0.3 is 20.4 Å². The summed E-state index contributed by atoms with van der Waals surface area (Å²) in [5.74, 6) is -4.90. The molecular weight excluding hydrogens is 440 g/mol. The van der Waals surface area contributed by atoms with E-state index in [0.29, 0.717) is 11.1 Å². The molecule has 0 saturated carbocycles. The van der Waals surface area contributed by atoms with E-state index in [9.17, 15) is 19.2 Å². The van der Waals surface area contributed by atoms with E-state index in [1.165, 1.54) is 24.3 Å². The monoisotopic (exact) mass is 458 g/mol. The maximum Gasteiger partial charge on any atom is 0.335 e. The Morgan fingerprint density at radius 1 is 0.412 bits per heavy atom. The van der Waals surface area contributed by atoms with E-state index in [-0.39, 0.29) is 22.3 Å². The van der Waals surface area contributed by atoms with Crippen molar-refractivity contribution in [2.24, 2.45) is 0 Å². The number of carboxylic acid groups (broad SMARTS) is 4. The van der Waals surface area contributed by atoms with Crippen molar-refractivity contribution in [3.05, 3.63) is 105 Å². The lowest BCUT2D eigenvalue weighted by Crippen LogP contribution is -2.02. The molecule has 0 unspecified atom stereocenters. The molecule has 3 aromatic carbocycles. The first-order valence-electron chi connectivity index (χ1n) is 9.82. The Morgan fingerprint density at radius 3 is 0.882 bits per heavy atom. The molecule has 0 radical (unpaired) electrons. The molecule has 0 atom stereocenters. The van der Waals surface area contributed by atoms with Crippen LogP contribution in [0.25, 0.3) is 24.3 Å². The zero-order chi connectivity index (χ0) is 24.8. The average molecular weight is 458 g/mol. The Morgan fingerprint density at radius 2 is 0.647 bits per heavy atom. The predicted octanol–water partition coefficient (Wildman–Crippen LogP) is 4.82. The summed E-state index contributed by atoms with van der Waals surface area (Å²) in [4.78, 5) is 44.9. The molecule has 8 nitrogen and oxygen atoms in total. The van der Waals surface area contributed by atoms with Crippen molar-refractivity contribution in [3.8, 4) is 0 Å². The van der Waals surface area contributed by atoms with Crippen LogP contribution in [0.4, 0.5) is 0 Å². The van der Waals surface area contributed by atoms with Gasteiger partial charge in [-0.1, -0.05) is 48.6 Å². The minimum Gasteiger partial charge on any atom is -0.478 e. The molecule has 0 spiro atoms. The van der Waals surface area contributed by atoms with Gasteiger partial charge in [-0.2, -0.15) is 0 Å². The Kier molecular flexibility index (Phi) is 7.03. The molecule has 3 rings (SSSR count).